The second-order valence-corrected chi connectivity index (χ2v) is 8.61. The Balaban J connectivity index is 1.61. The second kappa shape index (κ2) is 8.36. The molecule has 5 rings (SSSR count). The normalized spacial score (nSPS) is 19.2. The molecule has 7 heteroatoms. The number of hydrogen-bond donors (Lipinski definition) is 1. The number of rotatable bonds is 4. The van der Waals surface area contributed by atoms with Crippen LogP contribution in [0.5, 0.6) is 0 Å². The van der Waals surface area contributed by atoms with Crippen LogP contribution in [0.2, 0.25) is 5.15 Å². The maximum Gasteiger partial charge on any atom is 0.261 e. The molecule has 0 radical (unpaired) electrons. The van der Waals surface area contributed by atoms with E-state index < -0.39 is 6.10 Å². The summed E-state index contributed by atoms with van der Waals surface area (Å²) in [6.45, 7) is 0. The largest absolute Gasteiger partial charge is 0.391 e. The molecule has 0 saturated heterocycles. The highest BCUT2D eigenvalue weighted by atomic mass is 35.5. The topological polar surface area (TPSA) is 80.9 Å². The summed E-state index contributed by atoms with van der Waals surface area (Å²) in [5.41, 5.74) is 2.71. The fraction of sp³-hybridized carbons (Fsp3) is 0.333. The molecule has 1 fully saturated rings. The Hall–Kier alpha value is -2.83. The number of aryl methyl sites for hydroxylation is 2. The zero-order chi connectivity index (χ0) is 21.4. The van der Waals surface area contributed by atoms with Gasteiger partial charge in [0.25, 0.3) is 5.56 Å². The van der Waals surface area contributed by atoms with Gasteiger partial charge in [-0.3, -0.25) is 14.3 Å². The van der Waals surface area contributed by atoms with Gasteiger partial charge in [0.05, 0.1) is 29.4 Å². The lowest BCUT2D eigenvalue weighted by atomic mass is 9.92. The molecule has 158 valence electrons. The zero-order valence-electron chi connectivity index (χ0n) is 17.0. The number of pyridine rings is 2. The van der Waals surface area contributed by atoms with Gasteiger partial charge in [-0.25, -0.2) is 9.97 Å². The first-order chi connectivity index (χ1) is 15.1. The molecule has 3 heterocycles. The van der Waals surface area contributed by atoms with E-state index in [2.05, 4.69) is 15.0 Å². The molecule has 0 spiro atoms. The van der Waals surface area contributed by atoms with Crippen molar-refractivity contribution in [3.8, 4) is 0 Å². The molecule has 6 nitrogen and oxygen atoms in total. The first kappa shape index (κ1) is 20.1. The minimum absolute atomic E-state index is 0.0935. The first-order valence-electron chi connectivity index (χ1n) is 10.7. The number of hydrogen-bond acceptors (Lipinski definition) is 5. The number of benzene rings is 1. The number of halogens is 1. The summed E-state index contributed by atoms with van der Waals surface area (Å²) in [5, 5.41) is 13.4. The number of nitrogens with zero attached hydrogens (tertiary/aromatic N) is 4. The maximum atomic E-state index is 13.5. The van der Waals surface area contributed by atoms with E-state index in [1.165, 1.54) is 0 Å². The summed E-state index contributed by atoms with van der Waals surface area (Å²) in [6, 6.07) is 7.40. The Morgan fingerprint density at radius 3 is 2.71 bits per heavy atom. The minimum Gasteiger partial charge on any atom is -0.391 e. The van der Waals surface area contributed by atoms with Gasteiger partial charge in [0.2, 0.25) is 0 Å². The maximum absolute atomic E-state index is 13.5. The lowest BCUT2D eigenvalue weighted by Gasteiger charge is -2.29. The highest BCUT2D eigenvalue weighted by molar-refractivity contribution is 6.29. The molecule has 0 amide bonds. The van der Waals surface area contributed by atoms with Gasteiger partial charge in [-0.1, -0.05) is 30.5 Å². The molecule has 1 saturated carbocycles. The Morgan fingerprint density at radius 1 is 1.03 bits per heavy atom. The van der Waals surface area contributed by atoms with E-state index in [-0.39, 0.29) is 11.6 Å². The summed E-state index contributed by atoms with van der Waals surface area (Å²) < 4.78 is 1.63. The van der Waals surface area contributed by atoms with Crippen molar-refractivity contribution in [2.45, 2.75) is 50.7 Å². The van der Waals surface area contributed by atoms with E-state index in [1.807, 2.05) is 24.4 Å². The Kier molecular flexibility index (Phi) is 5.42. The highest BCUT2D eigenvalue weighted by Crippen LogP contribution is 2.30. The van der Waals surface area contributed by atoms with Crippen molar-refractivity contribution in [1.82, 2.24) is 19.5 Å². The second-order valence-electron chi connectivity index (χ2n) is 8.22. The van der Waals surface area contributed by atoms with Gasteiger partial charge in [-0.15, -0.1) is 0 Å². The molecule has 1 aliphatic carbocycles. The van der Waals surface area contributed by atoms with Crippen molar-refractivity contribution >= 4 is 33.3 Å². The smallest absolute Gasteiger partial charge is 0.261 e. The van der Waals surface area contributed by atoms with Crippen molar-refractivity contribution in [2.24, 2.45) is 0 Å². The molecule has 31 heavy (non-hydrogen) atoms. The van der Waals surface area contributed by atoms with Crippen molar-refractivity contribution in [1.29, 1.82) is 0 Å². The Labute approximate surface area is 184 Å². The molecule has 2 unspecified atom stereocenters. The number of fused-ring (bicyclic) bond motifs is 3. The quantitative estimate of drug-likeness (QED) is 0.383. The third kappa shape index (κ3) is 3.82. The van der Waals surface area contributed by atoms with Crippen LogP contribution in [0.1, 0.15) is 42.9 Å². The van der Waals surface area contributed by atoms with E-state index in [1.54, 1.807) is 29.4 Å². The summed E-state index contributed by atoms with van der Waals surface area (Å²) >= 11 is 5.90. The lowest BCUT2D eigenvalue weighted by Crippen LogP contribution is -2.34. The van der Waals surface area contributed by atoms with Gasteiger partial charge < -0.3 is 5.11 Å². The van der Waals surface area contributed by atoms with Crippen LogP contribution < -0.4 is 5.56 Å². The van der Waals surface area contributed by atoms with Crippen LogP contribution in [0.25, 0.3) is 21.7 Å². The monoisotopic (exact) mass is 434 g/mol. The fourth-order valence-electron chi connectivity index (χ4n) is 4.63. The highest BCUT2D eigenvalue weighted by Gasteiger charge is 2.26. The van der Waals surface area contributed by atoms with Crippen LogP contribution in [-0.4, -0.2) is 30.7 Å². The van der Waals surface area contributed by atoms with Crippen molar-refractivity contribution in [3.05, 3.63) is 75.8 Å². The molecule has 1 N–H and O–H groups in total. The van der Waals surface area contributed by atoms with Gasteiger partial charge in [0.15, 0.2) is 0 Å². The fourth-order valence-corrected chi connectivity index (χ4v) is 4.74. The summed E-state index contributed by atoms with van der Waals surface area (Å²) in [4.78, 5) is 26.6. The van der Waals surface area contributed by atoms with Crippen LogP contribution in [0, 0.1) is 0 Å². The van der Waals surface area contributed by atoms with Crippen LogP contribution in [0.3, 0.4) is 0 Å². The third-order valence-electron chi connectivity index (χ3n) is 6.29. The average molecular weight is 435 g/mol. The van der Waals surface area contributed by atoms with E-state index in [9.17, 15) is 9.90 Å². The minimum atomic E-state index is -0.507. The van der Waals surface area contributed by atoms with Crippen LogP contribution in [-0.2, 0) is 12.8 Å². The van der Waals surface area contributed by atoms with Gasteiger partial charge in [0.1, 0.15) is 5.15 Å². The summed E-state index contributed by atoms with van der Waals surface area (Å²) in [6.07, 6.45) is 11.5. The van der Waals surface area contributed by atoms with Crippen molar-refractivity contribution in [2.75, 3.05) is 0 Å². The van der Waals surface area contributed by atoms with Gasteiger partial charge in [-0.2, -0.15) is 0 Å². The average Bonchev–Trinajstić information content (AvgIpc) is 2.80. The molecule has 0 bridgehead atoms. The van der Waals surface area contributed by atoms with Gasteiger partial charge in [0, 0.05) is 29.4 Å². The standard InChI is InChI=1S/C24H23ClN4O2/c25-22-8-6-15(12-27-22)5-7-16-11-18-23(17-9-10-26-13-19(16)17)28-14-29(24(18)31)20-3-1-2-4-21(20)30/h6,8-14,20-21,30H,1-5,7H2. The van der Waals surface area contributed by atoms with E-state index in [0.29, 0.717) is 16.1 Å². The predicted octanol–water partition coefficient (Wildman–Crippen LogP) is 4.25. The molecular weight excluding hydrogens is 412 g/mol. The van der Waals surface area contributed by atoms with Crippen LogP contribution >= 0.6 is 11.6 Å². The number of aliphatic hydroxyl groups is 1. The predicted molar refractivity (Wildman–Crippen MR) is 121 cm³/mol. The lowest BCUT2D eigenvalue weighted by molar-refractivity contribution is 0.0735. The van der Waals surface area contributed by atoms with E-state index in [0.717, 1.165) is 60.4 Å². The molecule has 1 aliphatic rings. The SMILES string of the molecule is O=c1c2cc(CCc3ccc(Cl)nc3)c3cnccc3c2ncn1C1CCCCC1O. The van der Waals surface area contributed by atoms with E-state index >= 15 is 0 Å². The molecule has 4 aromatic rings. The summed E-state index contributed by atoms with van der Waals surface area (Å²) in [7, 11) is 0. The number of aromatic nitrogens is 4. The van der Waals surface area contributed by atoms with Crippen LogP contribution in [0.15, 0.2) is 54.0 Å². The Morgan fingerprint density at radius 2 is 1.90 bits per heavy atom. The van der Waals surface area contributed by atoms with Gasteiger partial charge >= 0.3 is 0 Å². The molecule has 3 aromatic heterocycles. The molecular formula is C24H23ClN4O2. The van der Waals surface area contributed by atoms with Crippen molar-refractivity contribution in [3.63, 3.8) is 0 Å². The molecule has 0 aliphatic heterocycles. The zero-order valence-corrected chi connectivity index (χ0v) is 17.8. The van der Waals surface area contributed by atoms with Crippen LogP contribution in [0.4, 0.5) is 0 Å². The number of aliphatic hydroxyl groups excluding tert-OH is 1. The van der Waals surface area contributed by atoms with E-state index in [4.69, 9.17) is 11.6 Å². The molecule has 2 atom stereocenters. The first-order valence-corrected chi connectivity index (χ1v) is 11.0. The van der Waals surface area contributed by atoms with Crippen molar-refractivity contribution < 1.29 is 5.11 Å². The van der Waals surface area contributed by atoms with Gasteiger partial charge in [-0.05, 0) is 55.0 Å². The molecule has 1 aromatic carbocycles. The Bertz CT molecular complexity index is 1300. The third-order valence-corrected chi connectivity index (χ3v) is 6.52. The summed E-state index contributed by atoms with van der Waals surface area (Å²) in [5.74, 6) is 0.